The summed E-state index contributed by atoms with van der Waals surface area (Å²) in [6.07, 6.45) is -11.7. The molecule has 0 spiro atoms. The maximum absolute atomic E-state index is 13.2. The molecule has 1 aromatic carbocycles. The van der Waals surface area contributed by atoms with E-state index in [4.69, 9.17) is 9.47 Å². The highest BCUT2D eigenvalue weighted by Gasteiger charge is 2.85. The first-order valence-corrected chi connectivity index (χ1v) is 21.9. The number of aryl methyl sites for hydroxylation is 1. The van der Waals surface area contributed by atoms with Gasteiger partial charge in [-0.3, -0.25) is 9.69 Å². The second-order valence-corrected chi connectivity index (χ2v) is 18.2. The quantitative estimate of drug-likeness (QED) is 0.0732. The SMILES string of the molecule is BCCCCN(CC(=O)NCCOc1ccc2c(c1)CCC1C2CCC2(C)C(OCCCOC(C(F)(F)F)(C(F)(F)F)C(F)(F)F)CCC12)C1CCSSC1. The van der Waals surface area contributed by atoms with Gasteiger partial charge in [0.1, 0.15) is 20.2 Å². The minimum absolute atomic E-state index is 0.0107. The number of rotatable bonds is 17. The molecule has 1 heterocycles. The van der Waals surface area contributed by atoms with Crippen molar-refractivity contribution < 1.29 is 58.5 Å². The van der Waals surface area contributed by atoms with E-state index in [9.17, 15) is 44.3 Å². The maximum Gasteiger partial charge on any atom is 0.435 e. The van der Waals surface area contributed by atoms with E-state index in [1.165, 1.54) is 11.1 Å². The number of hydrogen-bond acceptors (Lipinski definition) is 7. The zero-order valence-corrected chi connectivity index (χ0v) is 33.0. The van der Waals surface area contributed by atoms with Gasteiger partial charge in [-0.2, -0.15) is 39.5 Å². The predicted molar refractivity (Wildman–Crippen MR) is 198 cm³/mol. The van der Waals surface area contributed by atoms with Crippen molar-refractivity contribution >= 4 is 35.3 Å². The number of benzene rings is 1. The molecule has 1 N–H and O–H groups in total. The molecule has 3 aliphatic carbocycles. The number of fused-ring (bicyclic) bond motifs is 5. The number of carbonyl (C=O) groups is 1. The van der Waals surface area contributed by atoms with Crippen molar-refractivity contribution in [1.82, 2.24) is 10.2 Å². The van der Waals surface area contributed by atoms with Crippen LogP contribution in [0.5, 0.6) is 5.75 Å². The summed E-state index contributed by atoms with van der Waals surface area (Å²) in [6.45, 7) is 2.44. The lowest BCUT2D eigenvalue weighted by molar-refractivity contribution is -0.457. The van der Waals surface area contributed by atoms with Gasteiger partial charge >= 0.3 is 24.1 Å². The molecule has 6 nitrogen and oxygen atoms in total. The summed E-state index contributed by atoms with van der Waals surface area (Å²) >= 11 is 0. The van der Waals surface area contributed by atoms with Crippen LogP contribution < -0.4 is 10.1 Å². The summed E-state index contributed by atoms with van der Waals surface area (Å²) in [4.78, 5) is 15.2. The van der Waals surface area contributed by atoms with Crippen LogP contribution in [0.15, 0.2) is 18.2 Å². The van der Waals surface area contributed by atoms with Crippen LogP contribution in [0.3, 0.4) is 0 Å². The van der Waals surface area contributed by atoms with Gasteiger partial charge in [-0.05, 0) is 111 Å². The molecule has 1 aromatic rings. The molecule has 6 atom stereocenters. The van der Waals surface area contributed by atoms with Gasteiger partial charge in [-0.15, -0.1) is 0 Å². The van der Waals surface area contributed by atoms with Crippen molar-refractivity contribution in [2.24, 2.45) is 17.3 Å². The summed E-state index contributed by atoms with van der Waals surface area (Å²) in [7, 11) is 5.96. The van der Waals surface area contributed by atoms with Crippen molar-refractivity contribution in [1.29, 1.82) is 0 Å². The summed E-state index contributed by atoms with van der Waals surface area (Å²) in [5.41, 5.74) is -4.02. The predicted octanol–water partition coefficient (Wildman–Crippen LogP) is 8.54. The molecule has 1 saturated heterocycles. The summed E-state index contributed by atoms with van der Waals surface area (Å²) < 4.78 is 134. The highest BCUT2D eigenvalue weighted by atomic mass is 33.1. The molecule has 312 valence electrons. The van der Waals surface area contributed by atoms with Gasteiger partial charge < -0.3 is 19.5 Å². The largest absolute Gasteiger partial charge is 0.492 e. The lowest BCUT2D eigenvalue weighted by atomic mass is 9.55. The smallest absolute Gasteiger partial charge is 0.435 e. The van der Waals surface area contributed by atoms with Gasteiger partial charge in [0.05, 0.1) is 25.8 Å². The highest BCUT2D eigenvalue weighted by molar-refractivity contribution is 8.76. The van der Waals surface area contributed by atoms with Gasteiger partial charge in [0.2, 0.25) is 5.91 Å². The lowest BCUT2D eigenvalue weighted by Crippen LogP contribution is -2.67. The van der Waals surface area contributed by atoms with Gasteiger partial charge in [-0.25, -0.2) is 0 Å². The molecule has 0 aromatic heterocycles. The topological polar surface area (TPSA) is 60.0 Å². The Bertz CT molecular complexity index is 1380. The third-order valence-corrected chi connectivity index (χ3v) is 14.7. The Labute approximate surface area is 326 Å². The van der Waals surface area contributed by atoms with Crippen molar-refractivity contribution in [2.45, 2.75) is 120 Å². The number of hydrogen-bond donors (Lipinski definition) is 1. The molecular weight excluding hydrogens is 782 g/mol. The Balaban J connectivity index is 1.08. The zero-order chi connectivity index (χ0) is 40.1. The van der Waals surface area contributed by atoms with E-state index in [1.807, 2.05) is 27.7 Å². The van der Waals surface area contributed by atoms with Gasteiger partial charge in [0.25, 0.3) is 0 Å². The number of nitrogens with one attached hydrogen (secondary N) is 1. The maximum atomic E-state index is 13.2. The molecule has 4 aliphatic rings. The molecule has 2 saturated carbocycles. The van der Waals surface area contributed by atoms with Crippen molar-refractivity contribution in [2.75, 3.05) is 51.0 Å². The second kappa shape index (κ2) is 18.6. The van der Waals surface area contributed by atoms with Crippen LogP contribution in [0.1, 0.15) is 81.8 Å². The monoisotopic (exact) mass is 834 g/mol. The Kier molecular flexibility index (Phi) is 15.1. The van der Waals surface area contributed by atoms with E-state index in [1.54, 1.807) is 0 Å². The number of alkyl halides is 9. The Morgan fingerprint density at radius 2 is 1.67 bits per heavy atom. The molecule has 0 bridgehead atoms. The van der Waals surface area contributed by atoms with E-state index in [-0.39, 0.29) is 30.0 Å². The Morgan fingerprint density at radius 3 is 2.35 bits per heavy atom. The first-order valence-electron chi connectivity index (χ1n) is 19.4. The van der Waals surface area contributed by atoms with E-state index >= 15 is 0 Å². The van der Waals surface area contributed by atoms with Crippen LogP contribution in [-0.4, -0.2) is 106 Å². The van der Waals surface area contributed by atoms with Crippen LogP contribution in [0.25, 0.3) is 0 Å². The lowest BCUT2D eigenvalue weighted by Gasteiger charge is -2.50. The van der Waals surface area contributed by atoms with E-state index in [2.05, 4.69) is 41.9 Å². The fourth-order valence-corrected chi connectivity index (χ4v) is 11.9. The molecule has 3 fully saturated rings. The Morgan fingerprint density at radius 1 is 0.927 bits per heavy atom. The van der Waals surface area contributed by atoms with Gasteiger partial charge in [0, 0.05) is 24.2 Å². The minimum Gasteiger partial charge on any atom is -0.492 e. The van der Waals surface area contributed by atoms with Crippen LogP contribution in [0.2, 0.25) is 6.32 Å². The first kappa shape index (κ1) is 44.6. The van der Waals surface area contributed by atoms with E-state index in [0.29, 0.717) is 44.0 Å². The fraction of sp³-hybridized carbons (Fsp3) is 0.811. The number of carbonyl (C=O) groups excluding carboxylic acids is 1. The van der Waals surface area contributed by atoms with Gasteiger partial charge in [-0.1, -0.05) is 47.3 Å². The molecule has 1 aliphatic heterocycles. The number of nitrogens with zero attached hydrogens (tertiary/aromatic N) is 1. The molecule has 18 heteroatoms. The average molecular weight is 835 g/mol. The fourth-order valence-electron chi connectivity index (χ4n) is 9.41. The molecule has 55 heavy (non-hydrogen) atoms. The number of halogens is 9. The third-order valence-electron chi connectivity index (χ3n) is 12.2. The van der Waals surface area contributed by atoms with E-state index in [0.717, 1.165) is 81.5 Å². The number of ether oxygens (including phenoxy) is 3. The summed E-state index contributed by atoms with van der Waals surface area (Å²) in [5.74, 6) is 3.88. The van der Waals surface area contributed by atoms with Crippen LogP contribution >= 0.6 is 21.6 Å². The van der Waals surface area contributed by atoms with Crippen LogP contribution in [0.4, 0.5) is 39.5 Å². The zero-order valence-electron chi connectivity index (χ0n) is 31.4. The molecular formula is C37H52BF9N2O4S2. The van der Waals surface area contributed by atoms with Crippen LogP contribution in [-0.2, 0) is 20.7 Å². The van der Waals surface area contributed by atoms with Crippen molar-refractivity contribution in [3.05, 3.63) is 29.3 Å². The molecule has 0 radical (unpaired) electrons. The summed E-state index contributed by atoms with van der Waals surface area (Å²) in [6, 6.07) is 6.61. The number of amides is 1. The molecule has 6 unspecified atom stereocenters. The summed E-state index contributed by atoms with van der Waals surface area (Å²) in [5, 5.41) is 3.02. The third kappa shape index (κ3) is 10.0. The Hall–Kier alpha value is -1.50. The second-order valence-electron chi connectivity index (χ2n) is 15.6. The van der Waals surface area contributed by atoms with Crippen LogP contribution in [0, 0.1) is 17.3 Å². The normalized spacial score (nSPS) is 27.4. The number of unbranched alkanes of at least 4 members (excludes halogenated alkanes) is 1. The van der Waals surface area contributed by atoms with Crippen molar-refractivity contribution in [3.63, 3.8) is 0 Å². The minimum atomic E-state index is -6.75. The standard InChI is InChI=1S/C37H52BF9N2O4S2/c1-33-13-11-28-27-8-6-26(51-19-15-48-32(50)22-49(16-3-2-14-38)25-12-20-54-55-23-25)21-24(27)5-7-29(28)30(33)9-10-31(33)52-17-4-18-53-34(35(39,40)41,36(42,43)44)37(45,46)47/h6,8,21,25,28-31H,2-5,7,9-20,22-23,38H2,1H3,(H,48,50). The van der Waals surface area contributed by atoms with Crippen molar-refractivity contribution in [3.8, 4) is 5.75 Å². The average Bonchev–Trinajstić information content (AvgIpc) is 3.45. The molecule has 5 rings (SSSR count). The first-order chi connectivity index (χ1) is 25.9. The van der Waals surface area contributed by atoms with E-state index < -0.39 is 37.2 Å². The highest BCUT2D eigenvalue weighted by Crippen LogP contribution is 2.62. The molecule has 1 amide bonds. The van der Waals surface area contributed by atoms with Gasteiger partial charge in [0.15, 0.2) is 0 Å².